The summed E-state index contributed by atoms with van der Waals surface area (Å²) >= 11 is 0. The SMILES string of the molecule is CC(C)(C)OC(=O)N[C@@](C)(Cc1c[nH]c2ccccc12)C(=O)NCC1(c2ccccn2)CCCCC1.CC=O.CCN[C@@](C)(Cc1c[nH]c2ccccc12)C(=O)NCC1(c2ccccn2)CCCCC1.C[C@](N)(Cc1c[nH]c2ccccc12)C(=O)NCC1(c2ccccn2)CCCCC1.C[C@](N)(Cc1c[nH]c2ccccc12)C(=O)O.Cc1ccccc1.O=[N+]([O-])c1ccccc1.c1ccc2occc2c1. The highest BCUT2D eigenvalue weighted by atomic mass is 16.6. The smallest absolute Gasteiger partial charge is 0.408 e. The van der Waals surface area contributed by atoms with Crippen LogP contribution >= 0.6 is 0 Å². The second-order valence-corrected chi connectivity index (χ2v) is 38.8. The number of amides is 4. The van der Waals surface area contributed by atoms with Crippen molar-refractivity contribution in [2.75, 3.05) is 26.2 Å². The Morgan fingerprint density at radius 3 is 1.13 bits per heavy atom. The number of nitro benzene ring substituents is 1. The first-order chi connectivity index (χ1) is 67.3. The van der Waals surface area contributed by atoms with E-state index in [1.807, 2.05) is 236 Å². The Morgan fingerprint density at radius 1 is 0.450 bits per heavy atom. The van der Waals surface area contributed by atoms with Crippen LogP contribution in [0.2, 0.25) is 0 Å². The Morgan fingerprint density at radius 2 is 0.786 bits per heavy atom. The van der Waals surface area contributed by atoms with Gasteiger partial charge in [-0.2, -0.15) is 0 Å². The van der Waals surface area contributed by atoms with E-state index in [0.717, 1.165) is 153 Å². The first-order valence-corrected chi connectivity index (χ1v) is 48.7. The quantitative estimate of drug-likeness (QED) is 0.0144. The van der Waals surface area contributed by atoms with Crippen LogP contribution in [0.3, 0.4) is 0 Å². The number of aliphatic carboxylic acids is 1. The fourth-order valence-electron chi connectivity index (χ4n) is 18.8. The number of rotatable bonds is 25. The predicted octanol–water partition coefficient (Wildman–Crippen LogP) is 21.5. The summed E-state index contributed by atoms with van der Waals surface area (Å²) in [5, 5.41) is 40.6. The maximum Gasteiger partial charge on any atom is 0.408 e. The fraction of sp³-hybridized carbons (Fsp3) is 0.360. The van der Waals surface area contributed by atoms with E-state index in [2.05, 4.69) is 130 Å². The van der Waals surface area contributed by atoms with Gasteiger partial charge in [-0.05, 0) is 202 Å². The minimum absolute atomic E-state index is 0.0560. The molecule has 3 aliphatic rings. The Labute approximate surface area is 821 Å². The lowest BCUT2D eigenvalue weighted by molar-refractivity contribution is -0.384. The number of alkyl carbamates (subject to hydrolysis) is 1. The number of carboxylic acid groups (broad SMARTS) is 1. The number of carbonyl (C=O) groups excluding carboxylic acids is 5. The number of benzene rings is 7. The van der Waals surface area contributed by atoms with Crippen LogP contribution in [0.5, 0.6) is 0 Å². The van der Waals surface area contributed by atoms with Crippen molar-refractivity contribution in [2.45, 2.75) is 235 Å². The number of aryl methyl sites for hydroxylation is 1. The molecule has 0 bridgehead atoms. The summed E-state index contributed by atoms with van der Waals surface area (Å²) in [6.07, 6.45) is 33.7. The van der Waals surface area contributed by atoms with Crippen LogP contribution in [0.4, 0.5) is 10.5 Å². The molecule has 14 N–H and O–H groups in total. The number of para-hydroxylation sites is 6. The first-order valence-electron chi connectivity index (χ1n) is 48.7. The molecule has 0 spiro atoms. The standard InChI is InChI=1S/C29H38N4O3.C26H34N4O.C24H30N4O.C12H14N2O2.C8H6O.C7H8.C6H5NO2.C2H4O/c1-27(2,3)36-26(35)33-28(4,18-21-19-31-23-13-7-6-12-22(21)23)25(34)32-20-29(15-9-5-10-16-29)24-14-8-11-17-30-24;1-3-30-25(2,17-20-18-28-22-12-6-5-11-21(20)22)24(31)29-19-26(14-8-4-9-15-26)23-13-7-10-16-27-23;1-23(25,15-18-16-27-20-10-4-3-9-19(18)20)22(29)28-17-24(12-6-2-7-13-24)21-11-5-8-14-26-21;1-12(13,11(15)16)6-8-7-14-10-5-3-2-4-9(8)10;1-2-4-8-7(3-1)5-6-9-8;1-7-5-3-2-4-6-7;8-7(9)6-4-2-1-3-5-6;1-2-3/h6-8,11-14,17,19,31H,5,9-10,15-16,18,20H2,1-4H3,(H,32,34)(H,33,35);5-7,10-13,16,18,28,30H,3-4,8-9,14-15,17,19H2,1-2H3,(H,29,31);3-5,8-11,14,16,27H,2,6-7,12-13,15,17,25H2,1H3,(H,28,29);2-5,7,14H,6,13H2,1H3,(H,15,16);1-6H;2-6H,1H3;1-5H;2H,1H3/t28-;25-;23-;12-;;;;/m0000..../s1. The zero-order valence-electron chi connectivity index (χ0n) is 82.5. The fourth-order valence-corrected chi connectivity index (χ4v) is 18.8. The average molecular weight is 1900 g/mol. The summed E-state index contributed by atoms with van der Waals surface area (Å²) in [7, 11) is 0. The number of carbonyl (C=O) groups is 6. The van der Waals surface area contributed by atoms with Gasteiger partial charge in [0.05, 0.1) is 22.3 Å². The van der Waals surface area contributed by atoms with E-state index >= 15 is 0 Å². The van der Waals surface area contributed by atoms with Gasteiger partial charge >= 0.3 is 12.1 Å². The van der Waals surface area contributed by atoms with Gasteiger partial charge in [0.15, 0.2) is 0 Å². The molecule has 3 fully saturated rings. The normalized spacial score (nSPS) is 15.6. The maximum absolute atomic E-state index is 13.8. The molecule has 8 heterocycles. The van der Waals surface area contributed by atoms with Crippen molar-refractivity contribution < 1.29 is 48.0 Å². The van der Waals surface area contributed by atoms with E-state index in [1.54, 1.807) is 31.4 Å². The number of likely N-dealkylation sites (N-methyl/N-ethyl adjacent to an activating group) is 1. The molecule has 3 saturated carbocycles. The second kappa shape index (κ2) is 50.4. The first kappa shape index (κ1) is 106. The van der Waals surface area contributed by atoms with Gasteiger partial charge in [-0.3, -0.25) is 44.2 Å². The van der Waals surface area contributed by atoms with Crippen LogP contribution < -0.4 is 38.1 Å². The zero-order valence-corrected chi connectivity index (χ0v) is 82.5. The summed E-state index contributed by atoms with van der Waals surface area (Å²) in [5.74, 6) is -1.28. The Kier molecular flexibility index (Phi) is 38.2. The number of carboxylic acids is 1. The molecule has 3 aliphatic carbocycles. The molecule has 0 unspecified atom stereocenters. The van der Waals surface area contributed by atoms with Crippen molar-refractivity contribution in [1.29, 1.82) is 0 Å². The van der Waals surface area contributed by atoms with Crippen molar-refractivity contribution >= 4 is 96.3 Å². The highest BCUT2D eigenvalue weighted by Crippen LogP contribution is 2.42. The lowest BCUT2D eigenvalue weighted by Gasteiger charge is -2.38. The lowest BCUT2D eigenvalue weighted by Crippen LogP contribution is -2.60. The van der Waals surface area contributed by atoms with E-state index in [9.17, 15) is 34.1 Å². The van der Waals surface area contributed by atoms with Crippen molar-refractivity contribution in [1.82, 2.24) is 61.5 Å². The summed E-state index contributed by atoms with van der Waals surface area (Å²) < 4.78 is 10.6. The Hall–Kier alpha value is -14.2. The maximum atomic E-state index is 13.8. The van der Waals surface area contributed by atoms with Crippen LogP contribution in [0.1, 0.15) is 204 Å². The average Bonchev–Trinajstić information content (AvgIpc) is 1.72. The van der Waals surface area contributed by atoms with Gasteiger partial charge in [0.1, 0.15) is 28.5 Å². The highest BCUT2D eigenvalue weighted by molar-refractivity contribution is 5.93. The van der Waals surface area contributed by atoms with Crippen molar-refractivity contribution in [2.24, 2.45) is 11.5 Å². The van der Waals surface area contributed by atoms with Crippen molar-refractivity contribution in [3.63, 3.8) is 0 Å². The molecule has 140 heavy (non-hydrogen) atoms. The molecular formula is C114H139N15O11. The van der Waals surface area contributed by atoms with Gasteiger partial charge in [0, 0.05) is 183 Å². The number of aromatic amines is 4. The summed E-state index contributed by atoms with van der Waals surface area (Å²) in [4.78, 5) is 110. The molecule has 26 heteroatoms. The predicted molar refractivity (Wildman–Crippen MR) is 559 cm³/mol. The lowest BCUT2D eigenvalue weighted by atomic mass is 9.71. The Balaban J connectivity index is 0.000000166. The van der Waals surface area contributed by atoms with Gasteiger partial charge in [-0.15, -0.1) is 0 Å². The van der Waals surface area contributed by atoms with Gasteiger partial charge in [0.25, 0.3) is 5.69 Å². The minimum Gasteiger partial charge on any atom is -0.480 e. The van der Waals surface area contributed by atoms with Crippen molar-refractivity contribution in [3.8, 4) is 0 Å². The number of nitro groups is 1. The monoisotopic (exact) mass is 1890 g/mol. The number of hydrogen-bond acceptors (Lipinski definition) is 16. The highest BCUT2D eigenvalue weighted by Gasteiger charge is 2.44. The zero-order chi connectivity index (χ0) is 100. The van der Waals surface area contributed by atoms with Gasteiger partial charge in [-0.25, -0.2) is 4.79 Å². The van der Waals surface area contributed by atoms with Crippen LogP contribution in [-0.4, -0.2) is 135 Å². The molecular weight excluding hydrogens is 1760 g/mol. The largest absolute Gasteiger partial charge is 0.480 e. The molecule has 8 aromatic heterocycles. The summed E-state index contributed by atoms with van der Waals surface area (Å²) in [6.45, 7) is 20.6. The number of furan rings is 1. The Bertz CT molecular complexity index is 6380. The molecule has 4 amide bonds. The van der Waals surface area contributed by atoms with Crippen LogP contribution in [0.25, 0.3) is 54.6 Å². The van der Waals surface area contributed by atoms with E-state index < -0.39 is 44.7 Å². The second-order valence-electron chi connectivity index (χ2n) is 38.8. The minimum atomic E-state index is -1.23. The number of nitrogens with zero attached hydrogens (tertiary/aromatic N) is 4. The van der Waals surface area contributed by atoms with Gasteiger partial charge in [0.2, 0.25) is 17.7 Å². The number of hydrogen-bond donors (Lipinski definition) is 12. The number of non-ortho nitro benzene ring substituents is 1. The van der Waals surface area contributed by atoms with Gasteiger partial charge in [-0.1, -0.05) is 228 Å². The molecule has 736 valence electrons. The summed E-state index contributed by atoms with van der Waals surface area (Å²) in [6, 6.07) is 78.4. The number of nitrogens with one attached hydrogen (secondary N) is 9. The van der Waals surface area contributed by atoms with E-state index in [1.165, 1.54) is 81.9 Å². The number of ether oxygens (including phenoxy) is 1. The number of H-pyrrole nitrogens is 4. The molecule has 18 rings (SSSR count). The van der Waals surface area contributed by atoms with Crippen molar-refractivity contribution in [3.05, 3.63) is 347 Å². The third-order valence-corrected chi connectivity index (χ3v) is 26.3. The third-order valence-electron chi connectivity index (χ3n) is 26.3. The van der Waals surface area contributed by atoms with E-state index in [-0.39, 0.29) is 39.7 Å². The molecule has 26 nitrogen and oxygen atoms in total. The van der Waals surface area contributed by atoms with Crippen LogP contribution in [0.15, 0.2) is 297 Å². The van der Waals surface area contributed by atoms with E-state index in [0.29, 0.717) is 45.3 Å². The molecule has 0 aliphatic heterocycles. The number of fused-ring (bicyclic) bond motifs is 5. The van der Waals surface area contributed by atoms with Crippen LogP contribution in [0, 0.1) is 17.0 Å². The number of aldehydes is 1. The van der Waals surface area contributed by atoms with Crippen LogP contribution in [-0.2, 0) is 70.6 Å². The molecule has 0 radical (unpaired) electrons. The number of nitrogens with two attached hydrogens (primary N) is 2. The topological polar surface area (TPSA) is 402 Å². The number of pyridine rings is 3. The molecule has 15 aromatic rings. The van der Waals surface area contributed by atoms with Gasteiger partial charge < -0.3 is 77.0 Å². The third kappa shape index (κ3) is 29.7. The number of aromatic nitrogens is 7. The summed E-state index contributed by atoms with van der Waals surface area (Å²) in [5.41, 5.74) is 21.0. The molecule has 7 aromatic carbocycles. The molecule has 0 saturated heterocycles. The molecule has 4 atom stereocenters. The van der Waals surface area contributed by atoms with E-state index in [4.69, 9.17) is 30.5 Å².